The number of aromatic nitrogens is 4. The lowest BCUT2D eigenvalue weighted by Crippen LogP contribution is -2.28. The number of benzene rings is 5. The van der Waals surface area contributed by atoms with Crippen LogP contribution < -0.4 is 9.30 Å². The van der Waals surface area contributed by atoms with Crippen LogP contribution in [0.2, 0.25) is 0 Å². The molecule has 3 aromatic heterocycles. The summed E-state index contributed by atoms with van der Waals surface area (Å²) in [6.45, 7) is 11.4. The largest absolute Gasteiger partial charge is 0.457 e. The minimum atomic E-state index is -0.176. The van der Waals surface area contributed by atoms with Gasteiger partial charge < -0.3 is 4.74 Å². The van der Waals surface area contributed by atoms with Crippen molar-refractivity contribution in [3.8, 4) is 28.7 Å². The number of imidazole rings is 1. The molecule has 1 aliphatic heterocycles. The molecule has 0 unspecified atom stereocenters. The Bertz CT molecular complexity index is 2550. The predicted octanol–water partition coefficient (Wildman–Crippen LogP) is 10.1. The molecule has 0 spiro atoms. The molecule has 9 rings (SSSR count). The van der Waals surface area contributed by atoms with E-state index in [4.69, 9.17) is 9.72 Å². The minimum Gasteiger partial charge on any atom is -0.457 e. The first-order chi connectivity index (χ1) is 23.2. The van der Waals surface area contributed by atoms with E-state index < -0.39 is 0 Å². The van der Waals surface area contributed by atoms with Crippen LogP contribution in [0.5, 0.6) is 11.5 Å². The van der Waals surface area contributed by atoms with Gasteiger partial charge in [-0.3, -0.25) is 4.57 Å². The van der Waals surface area contributed by atoms with Crippen molar-refractivity contribution in [2.75, 3.05) is 0 Å². The molecule has 0 saturated heterocycles. The molecule has 234 valence electrons. The lowest BCUT2D eigenvalue weighted by atomic mass is 9.75. The van der Waals surface area contributed by atoms with E-state index in [1.165, 1.54) is 38.5 Å². The number of para-hydroxylation sites is 3. The molecule has 0 aliphatic carbocycles. The van der Waals surface area contributed by atoms with E-state index in [1.807, 2.05) is 6.20 Å². The van der Waals surface area contributed by atoms with E-state index in [0.717, 1.165) is 39.7 Å². The molecular formula is C43H37N4O+. The predicted molar refractivity (Wildman–Crippen MR) is 194 cm³/mol. The van der Waals surface area contributed by atoms with Gasteiger partial charge in [0.25, 0.3) is 6.33 Å². The summed E-state index contributed by atoms with van der Waals surface area (Å²) in [5, 5.41) is 2.37. The second-order valence-electron chi connectivity index (χ2n) is 14.5. The fraction of sp³-hybridized carbons (Fsp3) is 0.163. The van der Waals surface area contributed by atoms with Crippen molar-refractivity contribution >= 4 is 32.8 Å². The van der Waals surface area contributed by atoms with Crippen LogP contribution in [0, 0.1) is 0 Å². The molecule has 4 heterocycles. The molecule has 5 nitrogen and oxygen atoms in total. The average Bonchev–Trinajstić information content (AvgIpc) is 3.64. The summed E-state index contributed by atoms with van der Waals surface area (Å²) in [6.07, 6.45) is 4.13. The van der Waals surface area contributed by atoms with Crippen LogP contribution in [0.15, 0.2) is 134 Å². The topological polar surface area (TPSA) is 35.9 Å². The van der Waals surface area contributed by atoms with Gasteiger partial charge in [0.1, 0.15) is 28.7 Å². The van der Waals surface area contributed by atoms with Crippen molar-refractivity contribution in [2.24, 2.45) is 0 Å². The highest BCUT2D eigenvalue weighted by Crippen LogP contribution is 2.45. The molecule has 8 aromatic rings. The zero-order valence-corrected chi connectivity index (χ0v) is 27.9. The summed E-state index contributed by atoms with van der Waals surface area (Å²) >= 11 is 0. The maximum Gasteiger partial charge on any atom is 0.255 e. The van der Waals surface area contributed by atoms with Crippen LogP contribution in [-0.4, -0.2) is 14.1 Å². The molecule has 0 radical (unpaired) electrons. The molecule has 0 atom stereocenters. The van der Waals surface area contributed by atoms with Gasteiger partial charge in [-0.1, -0.05) is 89.2 Å². The Hall–Kier alpha value is -5.68. The third-order valence-electron chi connectivity index (χ3n) is 10.1. The van der Waals surface area contributed by atoms with Gasteiger partial charge >= 0.3 is 0 Å². The van der Waals surface area contributed by atoms with E-state index >= 15 is 0 Å². The van der Waals surface area contributed by atoms with Crippen molar-refractivity contribution < 1.29 is 9.30 Å². The number of hydrogen-bond donors (Lipinski definition) is 0. The summed E-state index contributed by atoms with van der Waals surface area (Å²) < 4.78 is 13.6. The van der Waals surface area contributed by atoms with E-state index in [0.29, 0.717) is 0 Å². The average molecular weight is 626 g/mol. The Morgan fingerprint density at radius 2 is 1.44 bits per heavy atom. The Kier molecular flexibility index (Phi) is 6.04. The number of nitrogens with zero attached hydrogens (tertiary/aromatic N) is 4. The first kappa shape index (κ1) is 28.5. The molecule has 48 heavy (non-hydrogen) atoms. The maximum atomic E-state index is 6.71. The zero-order valence-electron chi connectivity index (χ0n) is 27.9. The number of rotatable bonds is 4. The van der Waals surface area contributed by atoms with Gasteiger partial charge in [0.15, 0.2) is 11.0 Å². The van der Waals surface area contributed by atoms with Gasteiger partial charge in [-0.2, -0.15) is 9.13 Å². The molecule has 1 aliphatic rings. The van der Waals surface area contributed by atoms with Crippen LogP contribution >= 0.6 is 0 Å². The van der Waals surface area contributed by atoms with Gasteiger partial charge in [-0.15, -0.1) is 0 Å². The fourth-order valence-electron chi connectivity index (χ4n) is 7.55. The van der Waals surface area contributed by atoms with Gasteiger partial charge in [0.2, 0.25) is 0 Å². The highest BCUT2D eigenvalue weighted by molar-refractivity contribution is 6.09. The third-order valence-corrected chi connectivity index (χ3v) is 10.1. The Morgan fingerprint density at radius 1 is 0.688 bits per heavy atom. The zero-order chi connectivity index (χ0) is 32.8. The number of fused-ring (bicyclic) bond motifs is 5. The van der Waals surface area contributed by atoms with Crippen molar-refractivity contribution in [3.05, 3.63) is 151 Å². The molecular weight excluding hydrogens is 589 g/mol. The lowest BCUT2D eigenvalue weighted by Gasteiger charge is -2.30. The van der Waals surface area contributed by atoms with Gasteiger partial charge in [-0.05, 0) is 65.6 Å². The second-order valence-corrected chi connectivity index (χ2v) is 14.5. The van der Waals surface area contributed by atoms with Crippen molar-refractivity contribution in [1.29, 1.82) is 0 Å². The van der Waals surface area contributed by atoms with Crippen LogP contribution in [0.4, 0.5) is 0 Å². The van der Waals surface area contributed by atoms with Crippen molar-refractivity contribution in [3.63, 3.8) is 0 Å². The maximum absolute atomic E-state index is 6.71. The van der Waals surface area contributed by atoms with Crippen LogP contribution in [-0.2, 0) is 10.8 Å². The monoisotopic (exact) mass is 625 g/mol. The van der Waals surface area contributed by atoms with Crippen LogP contribution in [0.3, 0.4) is 0 Å². The quantitative estimate of drug-likeness (QED) is 0.183. The second kappa shape index (κ2) is 10.2. The normalized spacial score (nSPS) is 13.7. The van der Waals surface area contributed by atoms with E-state index in [1.54, 1.807) is 0 Å². The molecule has 5 heteroatoms. The van der Waals surface area contributed by atoms with Gasteiger partial charge in [0.05, 0.1) is 11.0 Å². The molecule has 0 amide bonds. The highest BCUT2D eigenvalue weighted by atomic mass is 16.5. The minimum absolute atomic E-state index is 0.0118. The summed E-state index contributed by atoms with van der Waals surface area (Å²) in [7, 11) is 0. The summed E-state index contributed by atoms with van der Waals surface area (Å²) in [6, 6.07) is 43.0. The van der Waals surface area contributed by atoms with Crippen molar-refractivity contribution in [1.82, 2.24) is 14.1 Å². The molecule has 0 fully saturated rings. The molecule has 0 saturated carbocycles. The standard InChI is InChI=1S/C43H37N4O/c1-42(2,3)28-22-23-44-40(24-28)47-36-16-10-9-14-32(36)33-20-18-30(25-38(33)47)48-31-19-21-34-39(26-31)46-27-45(29-12-7-6-8-13-29)37-17-11-15-35(41(37)46)43(34,4)5/h6-27H,1-5H3/q+1. The van der Waals surface area contributed by atoms with Gasteiger partial charge in [-0.25, -0.2) is 4.98 Å². The SMILES string of the molecule is CC(C)(C)c1ccnc(-n2c3ccccc3c3ccc(Oc4ccc5c(c4)-n4c[n+](-c6ccccc6)c6cccc(c64)C5(C)C)cc32)c1. The molecule has 0 N–H and O–H groups in total. The van der Waals surface area contributed by atoms with E-state index in [2.05, 4.69) is 176 Å². The lowest BCUT2D eigenvalue weighted by molar-refractivity contribution is -0.567. The third kappa shape index (κ3) is 4.24. The Balaban J connectivity index is 1.18. The fourth-order valence-corrected chi connectivity index (χ4v) is 7.55. The van der Waals surface area contributed by atoms with Crippen LogP contribution in [0.1, 0.15) is 51.3 Å². The van der Waals surface area contributed by atoms with Gasteiger partial charge in [0, 0.05) is 45.6 Å². The highest BCUT2D eigenvalue weighted by Gasteiger charge is 2.39. The first-order valence-electron chi connectivity index (χ1n) is 16.6. The Morgan fingerprint density at radius 3 is 2.27 bits per heavy atom. The van der Waals surface area contributed by atoms with Crippen molar-refractivity contribution in [2.45, 2.75) is 45.4 Å². The molecule has 5 aromatic carbocycles. The number of pyridine rings is 1. The Labute approximate surface area is 280 Å². The van der Waals surface area contributed by atoms with E-state index in [-0.39, 0.29) is 10.8 Å². The number of hydrogen-bond acceptors (Lipinski definition) is 2. The molecule has 0 bridgehead atoms. The number of ether oxygens (including phenoxy) is 1. The summed E-state index contributed by atoms with van der Waals surface area (Å²) in [5.74, 6) is 2.49. The van der Waals surface area contributed by atoms with Crippen LogP contribution in [0.25, 0.3) is 50.0 Å². The van der Waals surface area contributed by atoms with E-state index in [9.17, 15) is 0 Å². The summed E-state index contributed by atoms with van der Waals surface area (Å²) in [5.41, 5.74) is 10.5. The smallest absolute Gasteiger partial charge is 0.255 e. The first-order valence-corrected chi connectivity index (χ1v) is 16.6. The summed E-state index contributed by atoms with van der Waals surface area (Å²) in [4.78, 5) is 4.85.